The number of benzene rings is 1. The molecule has 0 aliphatic carbocycles. The summed E-state index contributed by atoms with van der Waals surface area (Å²) in [5.41, 5.74) is 1.20. The van der Waals surface area contributed by atoms with E-state index in [0.29, 0.717) is 12.1 Å². The van der Waals surface area contributed by atoms with E-state index < -0.39 is 11.8 Å². The summed E-state index contributed by atoms with van der Waals surface area (Å²) in [6.45, 7) is 2.25. The number of hydrogen-bond acceptors (Lipinski definition) is 3. The molecule has 1 fully saturated rings. The Bertz CT molecular complexity index is 531. The van der Waals surface area contributed by atoms with Gasteiger partial charge in [0.2, 0.25) is 0 Å². The summed E-state index contributed by atoms with van der Waals surface area (Å²) in [6, 6.07) is 6.29. The fraction of sp³-hybridized carbons (Fsp3) is 0.467. The lowest BCUT2D eigenvalue weighted by Gasteiger charge is -2.31. The van der Waals surface area contributed by atoms with Crippen molar-refractivity contribution in [3.8, 4) is 6.07 Å². The van der Waals surface area contributed by atoms with E-state index in [-0.39, 0.29) is 12.3 Å². The molecule has 0 saturated carbocycles. The smallest absolute Gasteiger partial charge is 0.303 e. The molecule has 20 heavy (non-hydrogen) atoms. The maximum Gasteiger partial charge on any atom is 0.303 e. The van der Waals surface area contributed by atoms with Gasteiger partial charge < -0.3 is 5.11 Å². The van der Waals surface area contributed by atoms with Crippen molar-refractivity contribution in [2.45, 2.75) is 25.8 Å². The Hall–Kier alpha value is -1.93. The van der Waals surface area contributed by atoms with Gasteiger partial charge in [-0.25, -0.2) is 4.39 Å². The van der Waals surface area contributed by atoms with Crippen molar-refractivity contribution in [1.29, 1.82) is 5.26 Å². The topological polar surface area (TPSA) is 64.3 Å². The maximum absolute atomic E-state index is 13.1. The van der Waals surface area contributed by atoms with Crippen LogP contribution >= 0.6 is 0 Å². The minimum atomic E-state index is -0.742. The van der Waals surface area contributed by atoms with Gasteiger partial charge in [0.15, 0.2) is 0 Å². The molecule has 1 heterocycles. The zero-order valence-corrected chi connectivity index (χ0v) is 11.2. The van der Waals surface area contributed by atoms with Gasteiger partial charge in [0.25, 0.3) is 0 Å². The van der Waals surface area contributed by atoms with Gasteiger partial charge in [0.05, 0.1) is 11.6 Å². The fourth-order valence-electron chi connectivity index (χ4n) is 2.63. The van der Waals surface area contributed by atoms with Gasteiger partial charge in [0, 0.05) is 13.0 Å². The summed E-state index contributed by atoms with van der Waals surface area (Å²) in [5, 5.41) is 17.8. The molecule has 0 spiro atoms. The molecule has 106 valence electrons. The normalized spacial score (nSPS) is 16.8. The summed E-state index contributed by atoms with van der Waals surface area (Å²) in [5.74, 6) is -0.897. The van der Waals surface area contributed by atoms with Gasteiger partial charge in [0.1, 0.15) is 5.82 Å². The summed E-state index contributed by atoms with van der Waals surface area (Å²) < 4.78 is 13.1. The molecule has 1 aromatic rings. The maximum atomic E-state index is 13.1. The summed E-state index contributed by atoms with van der Waals surface area (Å²) in [6.07, 6.45) is 1.94. The average molecular weight is 276 g/mol. The van der Waals surface area contributed by atoms with Crippen LogP contribution in [0.15, 0.2) is 18.2 Å². The van der Waals surface area contributed by atoms with Crippen molar-refractivity contribution >= 4 is 5.97 Å². The highest BCUT2D eigenvalue weighted by atomic mass is 19.1. The number of piperidine rings is 1. The number of halogens is 1. The van der Waals surface area contributed by atoms with Crippen LogP contribution in [0, 0.1) is 23.1 Å². The van der Waals surface area contributed by atoms with Crippen LogP contribution in [0.5, 0.6) is 0 Å². The molecule has 0 amide bonds. The second kappa shape index (κ2) is 6.49. The number of rotatable bonds is 4. The van der Waals surface area contributed by atoms with Crippen LogP contribution in [0.3, 0.4) is 0 Å². The van der Waals surface area contributed by atoms with E-state index >= 15 is 0 Å². The molecule has 5 heteroatoms. The number of hydrogen-bond donors (Lipinski definition) is 1. The number of carboxylic acid groups (broad SMARTS) is 1. The Labute approximate surface area is 117 Å². The van der Waals surface area contributed by atoms with Crippen LogP contribution < -0.4 is 0 Å². The zero-order chi connectivity index (χ0) is 14.5. The second-order valence-corrected chi connectivity index (χ2v) is 5.23. The third kappa shape index (κ3) is 3.78. The van der Waals surface area contributed by atoms with E-state index in [0.717, 1.165) is 31.5 Å². The zero-order valence-electron chi connectivity index (χ0n) is 11.2. The first kappa shape index (κ1) is 14.5. The van der Waals surface area contributed by atoms with Gasteiger partial charge in [-0.1, -0.05) is 6.07 Å². The first-order valence-electron chi connectivity index (χ1n) is 6.71. The summed E-state index contributed by atoms with van der Waals surface area (Å²) in [7, 11) is 0. The molecule has 4 nitrogen and oxygen atoms in total. The van der Waals surface area contributed by atoms with Crippen molar-refractivity contribution in [3.63, 3.8) is 0 Å². The number of likely N-dealkylation sites (tertiary alicyclic amines) is 1. The van der Waals surface area contributed by atoms with Crippen LogP contribution in [-0.2, 0) is 11.3 Å². The molecule has 1 aliphatic rings. The number of aliphatic carboxylic acids is 1. The quantitative estimate of drug-likeness (QED) is 0.917. The fourth-order valence-corrected chi connectivity index (χ4v) is 2.63. The Morgan fingerprint density at radius 3 is 2.75 bits per heavy atom. The molecule has 1 saturated heterocycles. The molecular weight excluding hydrogens is 259 g/mol. The van der Waals surface area contributed by atoms with E-state index in [1.165, 1.54) is 12.1 Å². The predicted octanol–water partition coefficient (Wildman–Crippen LogP) is 2.38. The molecule has 0 unspecified atom stereocenters. The largest absolute Gasteiger partial charge is 0.481 e. The molecule has 0 atom stereocenters. The predicted molar refractivity (Wildman–Crippen MR) is 71.4 cm³/mol. The van der Waals surface area contributed by atoms with Crippen LogP contribution in [0.2, 0.25) is 0 Å². The van der Waals surface area contributed by atoms with Crippen molar-refractivity contribution in [2.75, 3.05) is 13.1 Å². The minimum Gasteiger partial charge on any atom is -0.481 e. The SMILES string of the molecule is N#Cc1cc(F)ccc1CN1CCC(CC(=O)O)CC1. The van der Waals surface area contributed by atoms with Crippen molar-refractivity contribution in [2.24, 2.45) is 5.92 Å². The highest BCUT2D eigenvalue weighted by Gasteiger charge is 2.21. The lowest BCUT2D eigenvalue weighted by molar-refractivity contribution is -0.138. The highest BCUT2D eigenvalue weighted by Crippen LogP contribution is 2.22. The van der Waals surface area contributed by atoms with E-state index in [2.05, 4.69) is 4.90 Å². The molecular formula is C15H17FN2O2. The molecule has 1 aromatic carbocycles. The number of nitrogens with zero attached hydrogens (tertiary/aromatic N) is 2. The molecule has 0 radical (unpaired) electrons. The third-order valence-corrected chi connectivity index (χ3v) is 3.76. The van der Waals surface area contributed by atoms with Crippen LogP contribution in [0.25, 0.3) is 0 Å². The average Bonchev–Trinajstić information content (AvgIpc) is 2.42. The van der Waals surface area contributed by atoms with Gasteiger partial charge >= 0.3 is 5.97 Å². The lowest BCUT2D eigenvalue weighted by Crippen LogP contribution is -2.34. The first-order chi connectivity index (χ1) is 9.58. The van der Waals surface area contributed by atoms with Crippen LogP contribution in [0.4, 0.5) is 4.39 Å². The van der Waals surface area contributed by atoms with Gasteiger partial charge in [-0.3, -0.25) is 9.69 Å². The van der Waals surface area contributed by atoms with Crippen LogP contribution in [0.1, 0.15) is 30.4 Å². The molecule has 2 rings (SSSR count). The van der Waals surface area contributed by atoms with Crippen molar-refractivity contribution in [1.82, 2.24) is 4.90 Å². The molecule has 1 aliphatic heterocycles. The number of carboxylic acids is 1. The summed E-state index contributed by atoms with van der Waals surface area (Å²) in [4.78, 5) is 12.9. The first-order valence-corrected chi connectivity index (χ1v) is 6.71. The van der Waals surface area contributed by atoms with Crippen molar-refractivity contribution in [3.05, 3.63) is 35.1 Å². The number of carbonyl (C=O) groups is 1. The molecule has 0 bridgehead atoms. The van der Waals surface area contributed by atoms with E-state index in [1.807, 2.05) is 6.07 Å². The Kier molecular flexibility index (Phi) is 4.70. The molecule has 1 N–H and O–H groups in total. The standard InChI is InChI=1S/C15H17FN2O2/c16-14-2-1-12(13(8-14)9-17)10-18-5-3-11(4-6-18)7-15(19)20/h1-2,8,11H,3-7,10H2,(H,19,20). The second-order valence-electron chi connectivity index (χ2n) is 5.23. The Balaban J connectivity index is 1.93. The highest BCUT2D eigenvalue weighted by molar-refractivity contribution is 5.67. The Morgan fingerprint density at radius 2 is 2.15 bits per heavy atom. The Morgan fingerprint density at radius 1 is 1.45 bits per heavy atom. The van der Waals surface area contributed by atoms with Gasteiger partial charge in [-0.2, -0.15) is 5.26 Å². The van der Waals surface area contributed by atoms with E-state index in [9.17, 15) is 9.18 Å². The van der Waals surface area contributed by atoms with Crippen molar-refractivity contribution < 1.29 is 14.3 Å². The van der Waals surface area contributed by atoms with Gasteiger partial charge in [-0.15, -0.1) is 0 Å². The number of nitriles is 1. The minimum absolute atomic E-state index is 0.230. The summed E-state index contributed by atoms with van der Waals surface area (Å²) >= 11 is 0. The van der Waals surface area contributed by atoms with E-state index in [1.54, 1.807) is 6.07 Å². The van der Waals surface area contributed by atoms with E-state index in [4.69, 9.17) is 10.4 Å². The molecule has 0 aromatic heterocycles. The van der Waals surface area contributed by atoms with Crippen LogP contribution in [-0.4, -0.2) is 29.1 Å². The third-order valence-electron chi connectivity index (χ3n) is 3.76. The van der Waals surface area contributed by atoms with Gasteiger partial charge in [-0.05, 0) is 49.5 Å². The monoisotopic (exact) mass is 276 g/mol. The lowest BCUT2D eigenvalue weighted by atomic mass is 9.93.